The third-order valence-electron chi connectivity index (χ3n) is 3.34. The van der Waals surface area contributed by atoms with Gasteiger partial charge in [0.15, 0.2) is 0 Å². The topological polar surface area (TPSA) is 67.4 Å². The molecule has 0 saturated heterocycles. The molecule has 0 rings (SSSR count). The summed E-state index contributed by atoms with van der Waals surface area (Å²) in [5.41, 5.74) is 0. The third kappa shape index (κ3) is 3.85. The van der Waals surface area contributed by atoms with Crippen LogP contribution < -0.4 is 5.32 Å². The second-order valence-corrected chi connectivity index (χ2v) is 4.03. The zero-order valence-electron chi connectivity index (χ0n) is 13.1. The average Bonchev–Trinajstić information content (AvgIpc) is 2.48. The molecule has 7 heteroatoms. The van der Waals surface area contributed by atoms with Crippen molar-refractivity contribution in [2.45, 2.75) is 37.9 Å². The summed E-state index contributed by atoms with van der Waals surface area (Å²) in [6.07, 6.45) is -0.840. The lowest BCUT2D eigenvalue weighted by Crippen LogP contribution is -2.70. The molecule has 19 heavy (non-hydrogen) atoms. The molecule has 0 bridgehead atoms. The molecule has 0 aliphatic rings. The zero-order chi connectivity index (χ0) is 15.1. The Labute approximate surface area is 115 Å². The van der Waals surface area contributed by atoms with Crippen LogP contribution in [0.1, 0.15) is 13.8 Å². The molecule has 2 atom stereocenters. The van der Waals surface area contributed by atoms with Crippen molar-refractivity contribution in [3.63, 3.8) is 0 Å². The van der Waals surface area contributed by atoms with E-state index in [0.29, 0.717) is 0 Å². The molecule has 0 fully saturated rings. The lowest BCUT2D eigenvalue weighted by atomic mass is 10.2. The number of nitrogens with one attached hydrogen (secondary N) is 1. The minimum absolute atomic E-state index is 0.420. The van der Waals surface area contributed by atoms with Crippen LogP contribution in [0.2, 0.25) is 0 Å². The summed E-state index contributed by atoms with van der Waals surface area (Å²) in [6, 6.07) is 0. The minimum atomic E-state index is -1.24. The highest BCUT2D eigenvalue weighted by atomic mass is 16.8. The average molecular weight is 281 g/mol. The summed E-state index contributed by atoms with van der Waals surface area (Å²) in [5, 5.41) is 3.04. The Morgan fingerprint density at radius 1 is 0.632 bits per heavy atom. The quantitative estimate of drug-likeness (QED) is 0.586. The summed E-state index contributed by atoms with van der Waals surface area (Å²) in [6.45, 7) is 3.60. The van der Waals surface area contributed by atoms with Gasteiger partial charge >= 0.3 is 0 Å². The Hall–Kier alpha value is -0.280. The molecule has 0 spiro atoms. The standard InChI is InChI=1S/C12H27NO6/c1-9(14-3)11(16-5,17-6)13-12(18-7,19-8)10(2)15-4/h9-10,13H,1-8H3. The first-order valence-electron chi connectivity index (χ1n) is 5.97. The number of ether oxygens (including phenoxy) is 6. The maximum absolute atomic E-state index is 5.42. The van der Waals surface area contributed by atoms with Crippen LogP contribution in [0.15, 0.2) is 0 Å². The predicted octanol–water partition coefficient (Wildman–Crippen LogP) is 0.539. The molecule has 0 aromatic heterocycles. The number of rotatable bonds is 10. The van der Waals surface area contributed by atoms with Crippen LogP contribution in [0.5, 0.6) is 0 Å². The van der Waals surface area contributed by atoms with Crippen LogP contribution in [0.25, 0.3) is 0 Å². The lowest BCUT2D eigenvalue weighted by molar-refractivity contribution is -0.364. The Balaban J connectivity index is 5.37. The van der Waals surface area contributed by atoms with Gasteiger partial charge in [0.05, 0.1) is 0 Å². The van der Waals surface area contributed by atoms with Gasteiger partial charge in [0.1, 0.15) is 12.2 Å². The van der Waals surface area contributed by atoms with Crippen molar-refractivity contribution in [1.29, 1.82) is 0 Å². The second kappa shape index (κ2) is 8.11. The lowest BCUT2D eigenvalue weighted by Gasteiger charge is -2.45. The number of hydrogen-bond donors (Lipinski definition) is 1. The normalized spacial score (nSPS) is 16.4. The van der Waals surface area contributed by atoms with Gasteiger partial charge in [-0.2, -0.15) is 0 Å². The summed E-state index contributed by atoms with van der Waals surface area (Å²) < 4.78 is 32.2. The van der Waals surface area contributed by atoms with Gasteiger partial charge in [-0.1, -0.05) is 0 Å². The van der Waals surface area contributed by atoms with E-state index in [4.69, 9.17) is 28.4 Å². The minimum Gasteiger partial charge on any atom is -0.375 e. The van der Waals surface area contributed by atoms with Gasteiger partial charge in [0.2, 0.25) is 0 Å². The Morgan fingerprint density at radius 2 is 0.895 bits per heavy atom. The molecule has 0 aromatic rings. The predicted molar refractivity (Wildman–Crippen MR) is 69.6 cm³/mol. The highest BCUT2D eigenvalue weighted by molar-refractivity contribution is 4.84. The molecule has 0 radical (unpaired) electrons. The summed E-state index contributed by atoms with van der Waals surface area (Å²) >= 11 is 0. The summed E-state index contributed by atoms with van der Waals surface area (Å²) in [5.74, 6) is -2.48. The van der Waals surface area contributed by atoms with E-state index in [-0.39, 0.29) is 0 Å². The molecule has 116 valence electrons. The van der Waals surface area contributed by atoms with Crippen molar-refractivity contribution in [1.82, 2.24) is 5.32 Å². The van der Waals surface area contributed by atoms with Crippen molar-refractivity contribution in [3.05, 3.63) is 0 Å². The maximum Gasteiger partial charge on any atom is 0.258 e. The summed E-state index contributed by atoms with van der Waals surface area (Å²) in [4.78, 5) is 0. The van der Waals surface area contributed by atoms with E-state index in [0.717, 1.165) is 0 Å². The molecule has 0 aliphatic carbocycles. The molecule has 0 aromatic carbocycles. The Kier molecular flexibility index (Phi) is 7.99. The molecular formula is C12H27NO6. The van der Waals surface area contributed by atoms with Crippen LogP contribution in [0, 0.1) is 0 Å². The molecule has 0 aliphatic heterocycles. The molecule has 0 saturated carbocycles. The molecular weight excluding hydrogens is 254 g/mol. The van der Waals surface area contributed by atoms with E-state index in [1.54, 1.807) is 28.1 Å². The van der Waals surface area contributed by atoms with Crippen LogP contribution in [-0.2, 0) is 28.4 Å². The van der Waals surface area contributed by atoms with Crippen LogP contribution in [-0.4, -0.2) is 66.7 Å². The Bertz CT molecular complexity index is 218. The molecule has 0 heterocycles. The number of hydrogen-bond acceptors (Lipinski definition) is 7. The fourth-order valence-corrected chi connectivity index (χ4v) is 1.79. The second-order valence-electron chi connectivity index (χ2n) is 4.03. The zero-order valence-corrected chi connectivity index (χ0v) is 13.1. The van der Waals surface area contributed by atoms with Crippen molar-refractivity contribution in [3.8, 4) is 0 Å². The van der Waals surface area contributed by atoms with Gasteiger partial charge in [-0.05, 0) is 13.8 Å². The summed E-state index contributed by atoms with van der Waals surface area (Å²) in [7, 11) is 9.11. The smallest absolute Gasteiger partial charge is 0.258 e. The van der Waals surface area contributed by atoms with Crippen molar-refractivity contribution in [2.75, 3.05) is 42.7 Å². The van der Waals surface area contributed by atoms with Crippen molar-refractivity contribution >= 4 is 0 Å². The first-order chi connectivity index (χ1) is 8.91. The Morgan fingerprint density at radius 3 is 1.05 bits per heavy atom. The van der Waals surface area contributed by atoms with E-state index in [1.165, 1.54) is 28.4 Å². The SMILES string of the molecule is COC(C)C(NC(OC)(OC)C(C)OC)(OC)OC. The maximum atomic E-state index is 5.42. The van der Waals surface area contributed by atoms with Gasteiger partial charge < -0.3 is 28.4 Å². The van der Waals surface area contributed by atoms with E-state index in [1.807, 2.05) is 0 Å². The van der Waals surface area contributed by atoms with Gasteiger partial charge in [-0.3, -0.25) is 0 Å². The fourth-order valence-electron chi connectivity index (χ4n) is 1.79. The molecule has 0 amide bonds. The monoisotopic (exact) mass is 281 g/mol. The van der Waals surface area contributed by atoms with E-state index >= 15 is 0 Å². The molecule has 1 N–H and O–H groups in total. The fraction of sp³-hybridized carbons (Fsp3) is 1.00. The third-order valence-corrected chi connectivity index (χ3v) is 3.34. The van der Waals surface area contributed by atoms with Crippen LogP contribution >= 0.6 is 0 Å². The van der Waals surface area contributed by atoms with Crippen molar-refractivity contribution in [2.24, 2.45) is 0 Å². The van der Waals surface area contributed by atoms with E-state index < -0.39 is 24.0 Å². The number of methoxy groups -OCH3 is 6. The van der Waals surface area contributed by atoms with Crippen LogP contribution in [0.3, 0.4) is 0 Å². The highest BCUT2D eigenvalue weighted by Crippen LogP contribution is 2.24. The highest BCUT2D eigenvalue weighted by Gasteiger charge is 2.49. The first kappa shape index (κ1) is 18.7. The van der Waals surface area contributed by atoms with Gasteiger partial charge in [0.25, 0.3) is 11.8 Å². The van der Waals surface area contributed by atoms with Crippen molar-refractivity contribution < 1.29 is 28.4 Å². The van der Waals surface area contributed by atoms with Gasteiger partial charge in [0, 0.05) is 42.7 Å². The van der Waals surface area contributed by atoms with E-state index in [2.05, 4.69) is 5.32 Å². The van der Waals surface area contributed by atoms with Gasteiger partial charge in [-0.15, -0.1) is 0 Å². The molecule has 2 unspecified atom stereocenters. The largest absolute Gasteiger partial charge is 0.375 e. The first-order valence-corrected chi connectivity index (χ1v) is 5.97. The van der Waals surface area contributed by atoms with Gasteiger partial charge in [-0.25, -0.2) is 5.32 Å². The molecule has 7 nitrogen and oxygen atoms in total. The van der Waals surface area contributed by atoms with Crippen LogP contribution in [0.4, 0.5) is 0 Å². The van der Waals surface area contributed by atoms with E-state index in [9.17, 15) is 0 Å².